The summed E-state index contributed by atoms with van der Waals surface area (Å²) in [4.78, 5) is 16.6. The van der Waals surface area contributed by atoms with E-state index in [4.69, 9.17) is 6.57 Å². The van der Waals surface area contributed by atoms with Gasteiger partial charge in [0.2, 0.25) is 0 Å². The first-order chi connectivity index (χ1) is 20.6. The van der Waals surface area contributed by atoms with Gasteiger partial charge in [-0.3, -0.25) is 4.79 Å². The molecule has 0 bridgehead atoms. The van der Waals surface area contributed by atoms with E-state index in [9.17, 15) is 4.79 Å². The molecule has 5 rings (SSSR count). The number of carbonyl (C=O) groups is 1. The average Bonchev–Trinajstić information content (AvgIpc) is 3.05. The third-order valence-corrected chi connectivity index (χ3v) is 8.02. The van der Waals surface area contributed by atoms with Gasteiger partial charge in [0.1, 0.15) is 0 Å². The minimum Gasteiger partial charge on any atom is -0.289 e. The van der Waals surface area contributed by atoms with Gasteiger partial charge in [-0.2, -0.15) is 0 Å². The van der Waals surface area contributed by atoms with Crippen LogP contribution in [0.15, 0.2) is 115 Å². The molecule has 2 heteroatoms. The zero-order valence-corrected chi connectivity index (χ0v) is 24.6. The predicted octanol–water partition coefficient (Wildman–Crippen LogP) is 11.3. The van der Waals surface area contributed by atoms with Crippen molar-refractivity contribution in [2.75, 3.05) is 0 Å². The van der Waals surface area contributed by atoms with Crippen molar-refractivity contribution in [3.8, 4) is 33.4 Å². The maximum atomic E-state index is 13.1. The van der Waals surface area contributed by atoms with E-state index in [0.29, 0.717) is 11.3 Å². The number of nitrogens with zero attached hydrogens (tertiary/aromatic N) is 1. The van der Waals surface area contributed by atoms with E-state index < -0.39 is 0 Å². The van der Waals surface area contributed by atoms with Crippen LogP contribution >= 0.6 is 0 Å². The Morgan fingerprint density at radius 1 is 0.595 bits per heavy atom. The third kappa shape index (κ3) is 6.93. The average molecular weight is 548 g/mol. The van der Waals surface area contributed by atoms with Crippen LogP contribution < -0.4 is 0 Å². The van der Waals surface area contributed by atoms with Crippen LogP contribution in [0.4, 0.5) is 5.69 Å². The highest BCUT2D eigenvalue weighted by molar-refractivity contribution is 6.09. The molecule has 0 aliphatic carbocycles. The van der Waals surface area contributed by atoms with Crippen molar-refractivity contribution < 1.29 is 4.79 Å². The van der Waals surface area contributed by atoms with Crippen LogP contribution in [-0.2, 0) is 6.42 Å². The van der Waals surface area contributed by atoms with E-state index in [1.807, 2.05) is 60.7 Å². The Morgan fingerprint density at radius 3 is 1.67 bits per heavy atom. The molecule has 2 nitrogen and oxygen atoms in total. The van der Waals surface area contributed by atoms with E-state index in [1.54, 1.807) is 0 Å². The van der Waals surface area contributed by atoms with Crippen LogP contribution in [0.1, 0.15) is 66.1 Å². The summed E-state index contributed by atoms with van der Waals surface area (Å²) in [6.45, 7) is 11.5. The first-order valence-electron chi connectivity index (χ1n) is 15.0. The molecule has 0 aliphatic rings. The van der Waals surface area contributed by atoms with Gasteiger partial charge in [0, 0.05) is 11.1 Å². The lowest BCUT2D eigenvalue weighted by molar-refractivity contribution is 0.103. The SMILES string of the molecule is [C-]#[N+]c1ccc(-c2ccc(-c3ccc(-c4ccc(C(=O)c5ccc(CCCCCCC)cc5)cc4)cc3)cc2C)cc1. The predicted molar refractivity (Wildman–Crippen MR) is 176 cm³/mol. The van der Waals surface area contributed by atoms with E-state index in [0.717, 1.165) is 34.2 Å². The number of carbonyl (C=O) groups excluding carboxylic acids is 1. The second-order valence-electron chi connectivity index (χ2n) is 11.0. The number of ketones is 1. The molecule has 0 saturated carbocycles. The molecular formula is C40H37NO. The number of rotatable bonds is 11. The van der Waals surface area contributed by atoms with Gasteiger partial charge in [0.15, 0.2) is 11.5 Å². The molecule has 0 spiro atoms. The van der Waals surface area contributed by atoms with Crippen LogP contribution in [0, 0.1) is 13.5 Å². The summed E-state index contributed by atoms with van der Waals surface area (Å²) in [5.74, 6) is 0.0625. The Hall–Kier alpha value is -4.74. The van der Waals surface area contributed by atoms with Gasteiger partial charge in [0.05, 0.1) is 6.57 Å². The number of hydrogen-bond acceptors (Lipinski definition) is 1. The second-order valence-corrected chi connectivity index (χ2v) is 11.0. The third-order valence-electron chi connectivity index (χ3n) is 8.02. The molecular weight excluding hydrogens is 510 g/mol. The Bertz CT molecular complexity index is 1670. The fourth-order valence-electron chi connectivity index (χ4n) is 5.47. The Labute approximate surface area is 250 Å². The molecule has 0 N–H and O–H groups in total. The quantitative estimate of drug-likeness (QED) is 0.0915. The Morgan fingerprint density at radius 2 is 1.10 bits per heavy atom. The number of benzene rings is 5. The standard InChI is InChI=1S/C40H37NO/c1-4-5-6-7-8-9-30-10-12-35(13-11-30)40(42)36-20-18-32(19-21-36)31-14-16-33(17-15-31)37-24-27-39(29(2)28-37)34-22-25-38(41-3)26-23-34/h10-28H,4-9H2,1-2H3. The highest BCUT2D eigenvalue weighted by Gasteiger charge is 2.10. The summed E-state index contributed by atoms with van der Waals surface area (Å²) in [5, 5.41) is 0. The molecule has 0 amide bonds. The summed E-state index contributed by atoms with van der Waals surface area (Å²) < 4.78 is 0. The first kappa shape index (κ1) is 28.8. The zero-order chi connectivity index (χ0) is 29.3. The van der Waals surface area contributed by atoms with Gasteiger partial charge >= 0.3 is 0 Å². The fraction of sp³-hybridized carbons (Fsp3) is 0.200. The molecule has 42 heavy (non-hydrogen) atoms. The van der Waals surface area contributed by atoms with Crippen LogP contribution in [0.5, 0.6) is 0 Å². The maximum Gasteiger partial charge on any atom is 0.193 e. The molecule has 0 aromatic heterocycles. The van der Waals surface area contributed by atoms with E-state index >= 15 is 0 Å². The van der Waals surface area contributed by atoms with Crippen LogP contribution in [0.25, 0.3) is 38.2 Å². The van der Waals surface area contributed by atoms with E-state index in [1.165, 1.54) is 54.4 Å². The van der Waals surface area contributed by atoms with Crippen molar-refractivity contribution in [1.82, 2.24) is 0 Å². The van der Waals surface area contributed by atoms with Crippen molar-refractivity contribution in [1.29, 1.82) is 0 Å². The number of unbranched alkanes of at least 4 members (excludes halogenated alkanes) is 4. The number of aryl methyl sites for hydroxylation is 2. The van der Waals surface area contributed by atoms with Crippen molar-refractivity contribution in [2.24, 2.45) is 0 Å². The van der Waals surface area contributed by atoms with E-state index in [-0.39, 0.29) is 5.78 Å². The molecule has 0 saturated heterocycles. The van der Waals surface area contributed by atoms with Crippen LogP contribution in [0.2, 0.25) is 0 Å². The van der Waals surface area contributed by atoms with Gasteiger partial charge in [-0.25, -0.2) is 4.85 Å². The van der Waals surface area contributed by atoms with Crippen molar-refractivity contribution in [3.05, 3.63) is 149 Å². The normalized spacial score (nSPS) is 10.8. The molecule has 0 aliphatic heterocycles. The Kier molecular flexibility index (Phi) is 9.42. The summed E-state index contributed by atoms with van der Waals surface area (Å²) in [5.41, 5.74) is 11.4. The largest absolute Gasteiger partial charge is 0.289 e. The molecule has 0 atom stereocenters. The van der Waals surface area contributed by atoms with Gasteiger partial charge < -0.3 is 0 Å². The highest BCUT2D eigenvalue weighted by atomic mass is 16.1. The molecule has 0 unspecified atom stereocenters. The summed E-state index contributed by atoms with van der Waals surface area (Å²) in [6.07, 6.45) is 7.46. The second kappa shape index (κ2) is 13.7. The number of hydrogen-bond donors (Lipinski definition) is 0. The fourth-order valence-corrected chi connectivity index (χ4v) is 5.47. The molecule has 0 radical (unpaired) electrons. The molecule has 208 valence electrons. The summed E-state index contributed by atoms with van der Waals surface area (Å²) in [6, 6.07) is 38.9. The van der Waals surface area contributed by atoms with Gasteiger partial charge in [-0.1, -0.05) is 148 Å². The van der Waals surface area contributed by atoms with Crippen molar-refractivity contribution in [2.45, 2.75) is 52.4 Å². The summed E-state index contributed by atoms with van der Waals surface area (Å²) >= 11 is 0. The topological polar surface area (TPSA) is 21.4 Å². The lowest BCUT2D eigenvalue weighted by atomic mass is 9.94. The molecule has 5 aromatic rings. The Balaban J connectivity index is 1.22. The summed E-state index contributed by atoms with van der Waals surface area (Å²) in [7, 11) is 0. The molecule has 0 fully saturated rings. The van der Waals surface area contributed by atoms with Crippen molar-refractivity contribution >= 4 is 11.5 Å². The zero-order valence-electron chi connectivity index (χ0n) is 24.6. The minimum atomic E-state index is 0.0625. The molecule has 0 heterocycles. The smallest absolute Gasteiger partial charge is 0.193 e. The molecule has 5 aromatic carbocycles. The first-order valence-corrected chi connectivity index (χ1v) is 15.0. The van der Waals surface area contributed by atoms with Gasteiger partial charge in [0.25, 0.3) is 0 Å². The lowest BCUT2D eigenvalue weighted by Crippen LogP contribution is -2.01. The minimum absolute atomic E-state index is 0.0625. The van der Waals surface area contributed by atoms with Crippen LogP contribution in [-0.4, -0.2) is 5.78 Å². The maximum absolute atomic E-state index is 13.1. The van der Waals surface area contributed by atoms with Crippen molar-refractivity contribution in [3.63, 3.8) is 0 Å². The van der Waals surface area contributed by atoms with Gasteiger partial charge in [-0.05, 0) is 64.3 Å². The lowest BCUT2D eigenvalue weighted by Gasteiger charge is -2.10. The van der Waals surface area contributed by atoms with E-state index in [2.05, 4.69) is 73.3 Å². The van der Waals surface area contributed by atoms with Gasteiger partial charge in [-0.15, -0.1) is 0 Å². The van der Waals surface area contributed by atoms with Crippen LogP contribution in [0.3, 0.4) is 0 Å². The monoisotopic (exact) mass is 547 g/mol. The highest BCUT2D eigenvalue weighted by Crippen LogP contribution is 2.31.